The van der Waals surface area contributed by atoms with Gasteiger partial charge in [0.15, 0.2) is 40.6 Å². The number of ether oxygens (including phenoxy) is 1. The number of fused-ring (bicyclic) bond motifs is 15. The number of rotatable bonds is 14. The van der Waals surface area contributed by atoms with Crippen molar-refractivity contribution >= 4 is 90.9 Å². The molecule has 4 saturated heterocycles. The molecule has 4 amide bonds. The Kier molecular flexibility index (Phi) is 25.4. The molecule has 9 aromatic heterocycles. The third-order valence-corrected chi connectivity index (χ3v) is 27.2. The molecule has 19 rings (SSSR count). The molecule has 12 aromatic rings. The van der Waals surface area contributed by atoms with E-state index in [4.69, 9.17) is 4.74 Å². The van der Waals surface area contributed by atoms with Crippen molar-refractivity contribution in [3.63, 3.8) is 0 Å². The van der Waals surface area contributed by atoms with Crippen LogP contribution in [-0.2, 0) is 23.9 Å². The largest absolute Gasteiger partial charge is 0.507 e. The fourth-order valence-electron chi connectivity index (χ4n) is 20.4. The predicted molar refractivity (Wildman–Crippen MR) is 518 cm³/mol. The predicted octanol–water partition coefficient (Wildman–Crippen LogP) is 14.6. The lowest BCUT2D eigenvalue weighted by atomic mass is 9.96. The maximum Gasteiger partial charge on any atom is 0.284 e. The van der Waals surface area contributed by atoms with E-state index in [-0.39, 0.29) is 124 Å². The molecule has 7 aliphatic heterocycles. The van der Waals surface area contributed by atoms with Crippen molar-refractivity contribution in [3.8, 4) is 74.3 Å². The molecule has 6 unspecified atom stereocenters. The molecule has 16 heterocycles. The van der Waals surface area contributed by atoms with Crippen LogP contribution < -0.4 is 46.1 Å². The minimum atomic E-state index is -1.09. The zero-order valence-electron chi connectivity index (χ0n) is 79.0. The molecule has 4 fully saturated rings. The first-order valence-electron chi connectivity index (χ1n) is 45.9. The van der Waals surface area contributed by atoms with E-state index in [0.717, 1.165) is 41.5 Å². The van der Waals surface area contributed by atoms with Crippen LogP contribution >= 0.6 is 0 Å². The summed E-state index contributed by atoms with van der Waals surface area (Å²) in [6.45, 7) is 40.8. The number of hydrogen-bond donors (Lipinski definition) is 3. The summed E-state index contributed by atoms with van der Waals surface area (Å²) in [5.41, 5.74) is 2.71. The minimum absolute atomic E-state index is 0.0538. The van der Waals surface area contributed by atoms with Crippen molar-refractivity contribution in [1.82, 2.24) is 58.3 Å². The number of carbonyl (C=O) groups excluding carboxylic acids is 4. The molecule has 0 aliphatic carbocycles. The number of phenolic OH excluding ortho intramolecular Hbond substituents is 3. The molecule has 0 bridgehead atoms. The maximum absolute atomic E-state index is 16.3. The number of carbonyl (C=O) groups is 4. The van der Waals surface area contributed by atoms with Crippen LogP contribution in [0, 0.1) is 67.1 Å². The van der Waals surface area contributed by atoms with Gasteiger partial charge in [0.1, 0.15) is 74.9 Å². The molecule has 0 spiro atoms. The van der Waals surface area contributed by atoms with Crippen LogP contribution in [-0.4, -0.2) is 211 Å². The Hall–Kier alpha value is -15.3. The SMILES string of the molecule is C=CC(=O)N1CC2C(=O)N(C#N)c3c(c4cc(F)c(-c5c(O)cccc5F)nc4n(-c4c(C)ccnc4C(C)C)c3=O)N2CC1C.C=CC(=O)N1CC2CN(C(C)C)c3c(c4cc(F)c(-c5c(O)cccc5F)nc4n(-c4c(C)ccnc4C(C)C)c3=O)N2CC1C.C=CC(=O)N1CC2CN(C3COC3)c3c(c4cc(F)c(-c5c(O)cccc5F)nc4n(-c4c(C)ccnc4C(C)C)c3=O)N2CC1C. The average Bonchev–Trinajstić information content (AvgIpc) is 0.710. The molecule has 0 radical (unpaired) electrons. The van der Waals surface area contributed by atoms with Gasteiger partial charge in [-0.1, -0.05) is 79.5 Å². The van der Waals surface area contributed by atoms with E-state index in [9.17, 15) is 44.6 Å². The Morgan fingerprint density at radius 1 is 0.424 bits per heavy atom. The highest BCUT2D eigenvalue weighted by Crippen LogP contribution is 2.50. The number of nitrogens with zero attached hydrogens (tertiary/aromatic N) is 19. The lowest BCUT2D eigenvalue weighted by Gasteiger charge is -2.54. The number of amides is 4. The number of pyridine rings is 9. The zero-order chi connectivity index (χ0) is 99.7. The Morgan fingerprint density at radius 2 is 0.755 bits per heavy atom. The van der Waals surface area contributed by atoms with Gasteiger partial charge in [-0.25, -0.2) is 46.2 Å². The third kappa shape index (κ3) is 16.0. The van der Waals surface area contributed by atoms with E-state index in [1.807, 2.05) is 99.1 Å². The molecule has 0 saturated carbocycles. The number of hydrogen-bond acceptors (Lipinski definition) is 23. The van der Waals surface area contributed by atoms with Crippen molar-refractivity contribution in [2.75, 3.05) is 95.0 Å². The first kappa shape index (κ1) is 95.4. The van der Waals surface area contributed by atoms with Gasteiger partial charge in [-0.15, -0.1) is 0 Å². The summed E-state index contributed by atoms with van der Waals surface area (Å²) in [7, 11) is 0. The summed E-state index contributed by atoms with van der Waals surface area (Å²) in [6.07, 6.45) is 10.5. The van der Waals surface area contributed by atoms with Gasteiger partial charge in [0.2, 0.25) is 17.7 Å². The van der Waals surface area contributed by atoms with Gasteiger partial charge in [-0.05, 0) is 181 Å². The summed E-state index contributed by atoms with van der Waals surface area (Å²) >= 11 is 0. The molecule has 3 N–H and O–H groups in total. The van der Waals surface area contributed by atoms with E-state index in [1.54, 1.807) is 65.3 Å². The maximum atomic E-state index is 16.3. The number of piperazine rings is 3. The molecule has 7 aliphatic rings. The number of anilines is 6. The van der Waals surface area contributed by atoms with E-state index >= 15 is 35.9 Å². The fraction of sp³-hybridized carbons (Fsp3) is 0.340. The Bertz CT molecular complexity index is 7360. The van der Waals surface area contributed by atoms with E-state index in [0.29, 0.717) is 131 Å². The molecular weight excluding hydrogens is 1790 g/mol. The third-order valence-electron chi connectivity index (χ3n) is 27.2. The van der Waals surface area contributed by atoms with Crippen molar-refractivity contribution in [1.29, 1.82) is 5.26 Å². The van der Waals surface area contributed by atoms with Gasteiger partial charge >= 0.3 is 0 Å². The molecule has 3 aromatic carbocycles. The molecule has 718 valence electrons. The van der Waals surface area contributed by atoms with Crippen molar-refractivity contribution in [2.24, 2.45) is 0 Å². The van der Waals surface area contributed by atoms with Crippen molar-refractivity contribution in [3.05, 3.63) is 247 Å². The van der Waals surface area contributed by atoms with Crippen LogP contribution in [0.3, 0.4) is 0 Å². The quantitative estimate of drug-likeness (QED) is 0.0517. The second-order valence-corrected chi connectivity index (χ2v) is 37.3. The van der Waals surface area contributed by atoms with Crippen LogP contribution in [0.15, 0.2) is 162 Å². The van der Waals surface area contributed by atoms with Crippen LogP contribution in [0.2, 0.25) is 0 Å². The Labute approximate surface area is 795 Å². The van der Waals surface area contributed by atoms with Crippen molar-refractivity contribution < 1.29 is 65.6 Å². The standard InChI is InChI=1S/C35H36F2N6O4.C35H38F2N6O3.C33H29F2N7O4/c1-6-27(45)40-14-21-15-42(22-16-47-17-22)33-32(41(21)13-20(40)5)23-12-25(37)30(28-24(36)8-7-9-26(28)44)39-34(23)43(35(33)46)31-19(4)10-11-38-29(31)18(2)3;1-8-27(45)41-17-22-16-40(19(4)5)33-32(42(22)15-21(41)7)23-14-25(37)30(28-24(36)10-9-11-26(28)44)39-34(23)43(35(33)46)31-20(6)12-13-38-29(31)18(2)3;1-6-24(44)39-14-22-32(45)41(15-36)30-29(40(22)13-18(39)5)19-12-21(35)27(25-20(34)8-7-9-23(25)43)38-31(19)42(33(30)46)28-17(4)10-11-37-26(28)16(2)3/h6-12,18,20-22,44H,1,13-17H2,2-5H3;8-14,18-19,21-22,44H,1,15-17H2,2-7H3;6-12,16,18,22,43H,1,13-14H2,2-5H3. The molecule has 6 atom stereocenters. The highest BCUT2D eigenvalue weighted by atomic mass is 19.1. The van der Waals surface area contributed by atoms with Gasteiger partial charge in [0.25, 0.3) is 22.6 Å². The lowest BCUT2D eigenvalue weighted by molar-refractivity contribution is -0.131. The summed E-state index contributed by atoms with van der Waals surface area (Å²) < 4.78 is 104. The fourth-order valence-corrected chi connectivity index (χ4v) is 20.4. The first-order chi connectivity index (χ1) is 66.3. The number of aryl methyl sites for hydroxylation is 3. The van der Waals surface area contributed by atoms with Crippen LogP contribution in [0.5, 0.6) is 17.2 Å². The van der Waals surface area contributed by atoms with Crippen molar-refractivity contribution in [2.45, 2.75) is 163 Å². The molecular formula is C103H103F6N19O11. The van der Waals surface area contributed by atoms with Gasteiger partial charge in [0.05, 0.1) is 106 Å². The summed E-state index contributed by atoms with van der Waals surface area (Å²) in [6, 6.07) is 17.2. The summed E-state index contributed by atoms with van der Waals surface area (Å²) in [4.78, 5) is 140. The van der Waals surface area contributed by atoms with E-state index in [2.05, 4.69) is 59.4 Å². The number of nitriles is 1. The van der Waals surface area contributed by atoms with Gasteiger partial charge in [-0.3, -0.25) is 62.2 Å². The average molecular weight is 1900 g/mol. The number of benzene rings is 3. The van der Waals surface area contributed by atoms with Gasteiger partial charge < -0.3 is 59.3 Å². The van der Waals surface area contributed by atoms with Crippen LogP contribution in [0.4, 0.5) is 60.5 Å². The van der Waals surface area contributed by atoms with Gasteiger partial charge in [-0.2, -0.15) is 5.26 Å². The van der Waals surface area contributed by atoms with Crippen LogP contribution in [0.25, 0.3) is 83.9 Å². The number of halogens is 6. The normalized spacial score (nSPS) is 18.4. The lowest BCUT2D eigenvalue weighted by Crippen LogP contribution is -2.67. The monoisotopic (exact) mass is 1900 g/mol. The number of aromatic nitrogens is 9. The molecule has 36 heteroatoms. The van der Waals surface area contributed by atoms with E-state index < -0.39 is 115 Å². The molecule has 30 nitrogen and oxygen atoms in total. The highest BCUT2D eigenvalue weighted by Gasteiger charge is 2.51. The highest BCUT2D eigenvalue weighted by molar-refractivity contribution is 6.14. The minimum Gasteiger partial charge on any atom is -0.507 e. The number of aromatic hydroxyl groups is 3. The smallest absolute Gasteiger partial charge is 0.284 e. The topological polar surface area (TPSA) is 334 Å². The zero-order valence-corrected chi connectivity index (χ0v) is 79.0. The second kappa shape index (κ2) is 37.0. The summed E-state index contributed by atoms with van der Waals surface area (Å²) in [5, 5.41) is 42.8. The van der Waals surface area contributed by atoms with E-state index in [1.165, 1.54) is 79.3 Å². The number of phenols is 3. The first-order valence-corrected chi connectivity index (χ1v) is 45.9. The Morgan fingerprint density at radius 3 is 1.09 bits per heavy atom. The molecule has 139 heavy (non-hydrogen) atoms. The van der Waals surface area contributed by atoms with Crippen LogP contribution in [0.1, 0.15) is 128 Å². The Balaban J connectivity index is 0.000000144. The summed E-state index contributed by atoms with van der Waals surface area (Å²) in [5.74, 6) is -8.74. The van der Waals surface area contributed by atoms with Gasteiger partial charge in [0, 0.05) is 105 Å². The second-order valence-electron chi connectivity index (χ2n) is 37.3.